The van der Waals surface area contributed by atoms with Crippen molar-refractivity contribution in [3.05, 3.63) is 84.1 Å². The largest absolute Gasteiger partial charge is 0.124 e. The first-order valence-corrected chi connectivity index (χ1v) is 5.38. The van der Waals surface area contributed by atoms with E-state index in [4.69, 9.17) is 0 Å². The van der Waals surface area contributed by atoms with Crippen molar-refractivity contribution in [1.82, 2.24) is 0 Å². The first-order valence-electron chi connectivity index (χ1n) is 5.38. The molecule has 0 fully saturated rings. The molecule has 0 heteroatoms. The van der Waals surface area contributed by atoms with Crippen molar-refractivity contribution in [3.8, 4) is 0 Å². The number of allylic oxidation sites excluding steroid dienone is 1. The minimum absolute atomic E-state index is 0.883. The van der Waals surface area contributed by atoms with Crippen molar-refractivity contribution < 1.29 is 0 Å². The topological polar surface area (TPSA) is 0 Å². The van der Waals surface area contributed by atoms with Crippen LogP contribution in [-0.2, 0) is 6.42 Å². The molecule has 0 heterocycles. The van der Waals surface area contributed by atoms with Crippen LogP contribution in [0.4, 0.5) is 0 Å². The molecule has 0 saturated carbocycles. The zero-order valence-corrected chi connectivity index (χ0v) is 9.19. The molecule has 0 N–H and O–H groups in total. The van der Waals surface area contributed by atoms with Gasteiger partial charge in [-0.05, 0) is 11.1 Å². The van der Waals surface area contributed by atoms with Gasteiger partial charge < -0.3 is 0 Å². The van der Waals surface area contributed by atoms with Gasteiger partial charge in [-0.1, -0.05) is 67.2 Å². The first-order chi connectivity index (χ1) is 7.90. The predicted octanol–water partition coefficient (Wildman–Crippen LogP) is 4.10. The van der Waals surface area contributed by atoms with E-state index in [1.165, 1.54) is 11.1 Å². The lowest BCUT2D eigenvalue weighted by Crippen LogP contribution is -1.89. The van der Waals surface area contributed by atoms with Crippen molar-refractivity contribution >= 4 is 5.57 Å². The van der Waals surface area contributed by atoms with Gasteiger partial charge in [-0.3, -0.25) is 0 Å². The van der Waals surface area contributed by atoms with Crippen LogP contribution in [0.5, 0.6) is 0 Å². The van der Waals surface area contributed by atoms with Gasteiger partial charge in [0.25, 0.3) is 0 Å². The molecule has 0 unspecified atom stereocenters. The van der Waals surface area contributed by atoms with E-state index in [9.17, 15) is 0 Å². The van der Waals surface area contributed by atoms with Gasteiger partial charge in [0, 0.05) is 12.0 Å². The summed E-state index contributed by atoms with van der Waals surface area (Å²) in [6.07, 6.45) is 0.883. The third-order valence-electron chi connectivity index (χ3n) is 2.56. The summed E-state index contributed by atoms with van der Waals surface area (Å²) >= 11 is 0. The van der Waals surface area contributed by atoms with Crippen LogP contribution >= 0.6 is 0 Å². The van der Waals surface area contributed by atoms with Gasteiger partial charge in [0.15, 0.2) is 0 Å². The number of benzene rings is 2. The summed E-state index contributed by atoms with van der Waals surface area (Å²) in [6, 6.07) is 20.7. The molecule has 0 atom stereocenters. The van der Waals surface area contributed by atoms with Crippen LogP contribution in [0.1, 0.15) is 11.1 Å². The van der Waals surface area contributed by atoms with Crippen LogP contribution in [0.3, 0.4) is 0 Å². The minimum atomic E-state index is 0.883. The summed E-state index contributed by atoms with van der Waals surface area (Å²) in [5.74, 6) is 0. The summed E-state index contributed by atoms with van der Waals surface area (Å²) in [7, 11) is 0. The number of hydrogen-bond acceptors (Lipinski definition) is 0. The van der Waals surface area contributed by atoms with Crippen molar-refractivity contribution in [1.29, 1.82) is 0 Å². The molecule has 2 aromatic rings. The highest BCUT2D eigenvalue weighted by Gasteiger charge is 2.00. The molecule has 0 aliphatic rings. The van der Waals surface area contributed by atoms with E-state index in [1.54, 1.807) is 0 Å². The van der Waals surface area contributed by atoms with Gasteiger partial charge >= 0.3 is 0 Å². The van der Waals surface area contributed by atoms with Crippen LogP contribution in [0.2, 0.25) is 0 Å². The molecule has 0 nitrogen and oxygen atoms in total. The Balaban J connectivity index is 2.24. The fourth-order valence-corrected chi connectivity index (χ4v) is 1.71. The Labute approximate surface area is 96.6 Å². The van der Waals surface area contributed by atoms with E-state index in [2.05, 4.69) is 48.7 Å². The highest BCUT2D eigenvalue weighted by Crippen LogP contribution is 2.17. The summed E-state index contributed by atoms with van der Waals surface area (Å²) in [4.78, 5) is 0. The lowest BCUT2D eigenvalue weighted by molar-refractivity contribution is 1.28. The standard InChI is InChI=1S/C16H14/c1-2-15(16-11-7-4-8-12-16)13-14-9-5-3-6-10-14/h3-12H,1,13H2. The predicted molar refractivity (Wildman–Crippen MR) is 69.1 cm³/mol. The van der Waals surface area contributed by atoms with Crippen molar-refractivity contribution in [2.45, 2.75) is 6.42 Å². The molecule has 0 saturated heterocycles. The van der Waals surface area contributed by atoms with Crippen LogP contribution in [-0.4, -0.2) is 0 Å². The molecule has 16 heavy (non-hydrogen) atoms. The van der Waals surface area contributed by atoms with E-state index in [1.807, 2.05) is 24.3 Å². The summed E-state index contributed by atoms with van der Waals surface area (Å²) < 4.78 is 0. The molecule has 0 radical (unpaired) electrons. The lowest BCUT2D eigenvalue weighted by atomic mass is 9.99. The Morgan fingerprint density at radius 2 is 1.44 bits per heavy atom. The smallest absolute Gasteiger partial charge is 0.00537 e. The van der Waals surface area contributed by atoms with E-state index >= 15 is 0 Å². The van der Waals surface area contributed by atoms with Gasteiger partial charge in [0.05, 0.1) is 0 Å². The van der Waals surface area contributed by atoms with Gasteiger partial charge in [-0.25, -0.2) is 0 Å². The SMILES string of the molecule is C=C=C(Cc1ccccc1)c1ccccc1. The van der Waals surface area contributed by atoms with E-state index < -0.39 is 0 Å². The van der Waals surface area contributed by atoms with E-state index in [0.717, 1.165) is 12.0 Å². The maximum Gasteiger partial charge on any atom is 0.00537 e. The Morgan fingerprint density at radius 3 is 2.00 bits per heavy atom. The van der Waals surface area contributed by atoms with Crippen molar-refractivity contribution in [3.63, 3.8) is 0 Å². The summed E-state index contributed by atoms with van der Waals surface area (Å²) in [5, 5.41) is 0. The second kappa shape index (κ2) is 5.16. The number of rotatable bonds is 3. The summed E-state index contributed by atoms with van der Waals surface area (Å²) in [6.45, 7) is 3.77. The highest BCUT2D eigenvalue weighted by atomic mass is 14.0. The number of hydrogen-bond donors (Lipinski definition) is 0. The lowest BCUT2D eigenvalue weighted by Gasteiger charge is -2.05. The maximum atomic E-state index is 3.77. The van der Waals surface area contributed by atoms with Gasteiger partial charge in [-0.2, -0.15) is 0 Å². The second-order valence-corrected chi connectivity index (χ2v) is 3.68. The molecule has 0 bridgehead atoms. The molecule has 2 rings (SSSR count). The zero-order chi connectivity index (χ0) is 11.2. The van der Waals surface area contributed by atoms with Crippen LogP contribution in [0.15, 0.2) is 73.0 Å². The molecule has 0 aromatic heterocycles. The monoisotopic (exact) mass is 206 g/mol. The quantitative estimate of drug-likeness (QED) is 0.663. The molecule has 78 valence electrons. The van der Waals surface area contributed by atoms with Gasteiger partial charge in [0.1, 0.15) is 0 Å². The molecular weight excluding hydrogens is 192 g/mol. The van der Waals surface area contributed by atoms with Crippen LogP contribution in [0, 0.1) is 0 Å². The first kappa shape index (κ1) is 10.5. The third kappa shape index (κ3) is 2.50. The Bertz CT molecular complexity index is 488. The molecule has 0 amide bonds. The van der Waals surface area contributed by atoms with Crippen LogP contribution in [0.25, 0.3) is 5.57 Å². The van der Waals surface area contributed by atoms with E-state index in [-0.39, 0.29) is 0 Å². The Kier molecular flexibility index (Phi) is 3.38. The van der Waals surface area contributed by atoms with Crippen LogP contribution < -0.4 is 0 Å². The molecule has 0 aliphatic carbocycles. The average Bonchev–Trinajstić information content (AvgIpc) is 2.38. The van der Waals surface area contributed by atoms with Crippen molar-refractivity contribution in [2.24, 2.45) is 0 Å². The molecule has 0 aliphatic heterocycles. The molecule has 0 spiro atoms. The average molecular weight is 206 g/mol. The maximum absolute atomic E-state index is 3.77. The van der Waals surface area contributed by atoms with Gasteiger partial charge in [0.2, 0.25) is 0 Å². The van der Waals surface area contributed by atoms with Gasteiger partial charge in [-0.15, -0.1) is 5.73 Å². The van der Waals surface area contributed by atoms with E-state index in [0.29, 0.717) is 0 Å². The van der Waals surface area contributed by atoms with Crippen molar-refractivity contribution in [2.75, 3.05) is 0 Å². The normalized spacial score (nSPS) is 9.50. The zero-order valence-electron chi connectivity index (χ0n) is 9.19. The Hall–Kier alpha value is -2.04. The summed E-state index contributed by atoms with van der Waals surface area (Å²) in [5.41, 5.74) is 6.66. The fourth-order valence-electron chi connectivity index (χ4n) is 1.71. The highest BCUT2D eigenvalue weighted by molar-refractivity contribution is 5.66. The second-order valence-electron chi connectivity index (χ2n) is 3.68. The Morgan fingerprint density at radius 1 is 0.875 bits per heavy atom. The molecular formula is C16H14. The fraction of sp³-hybridized carbons (Fsp3) is 0.0625. The minimum Gasteiger partial charge on any atom is -0.124 e. The molecule has 2 aromatic carbocycles. The third-order valence-corrected chi connectivity index (χ3v) is 2.56.